The Bertz CT molecular complexity index is 501. The van der Waals surface area contributed by atoms with Crippen LogP contribution in [0.2, 0.25) is 0 Å². The van der Waals surface area contributed by atoms with E-state index in [0.29, 0.717) is 5.69 Å². The van der Waals surface area contributed by atoms with Gasteiger partial charge in [0.25, 0.3) is 0 Å². The second kappa shape index (κ2) is 5.43. The Morgan fingerprint density at radius 2 is 1.74 bits per heavy atom. The predicted molar refractivity (Wildman–Crippen MR) is 75.1 cm³/mol. The number of aryl methyl sites for hydroxylation is 2. The summed E-state index contributed by atoms with van der Waals surface area (Å²) in [6, 6.07) is 5.52. The molecule has 104 valence electrons. The summed E-state index contributed by atoms with van der Waals surface area (Å²) in [6.45, 7) is 9.16. The van der Waals surface area contributed by atoms with Crippen LogP contribution in [0, 0.1) is 25.2 Å². The van der Waals surface area contributed by atoms with Crippen LogP contribution in [-0.4, -0.2) is 17.0 Å². The number of carboxylic acid groups (broad SMARTS) is 1. The molecule has 0 aliphatic carbocycles. The van der Waals surface area contributed by atoms with Gasteiger partial charge in [-0.05, 0) is 42.5 Å². The number of hydrogen-bond acceptors (Lipinski definition) is 2. The van der Waals surface area contributed by atoms with Crippen molar-refractivity contribution in [3.63, 3.8) is 0 Å². The molecule has 0 heterocycles. The molecule has 0 saturated heterocycles. The predicted octanol–water partition coefficient (Wildman–Crippen LogP) is 2.99. The van der Waals surface area contributed by atoms with Gasteiger partial charge >= 0.3 is 5.97 Å². The largest absolute Gasteiger partial charge is 0.481 e. The van der Waals surface area contributed by atoms with E-state index in [1.807, 2.05) is 26.0 Å². The first-order valence-electron chi connectivity index (χ1n) is 6.24. The third-order valence-corrected chi connectivity index (χ3v) is 3.15. The maximum Gasteiger partial charge on any atom is 0.316 e. The van der Waals surface area contributed by atoms with Crippen LogP contribution in [0.1, 0.15) is 31.9 Å². The van der Waals surface area contributed by atoms with Crippen molar-refractivity contribution in [1.82, 2.24) is 0 Å². The number of hydrogen-bond donors (Lipinski definition) is 2. The van der Waals surface area contributed by atoms with Gasteiger partial charge in [0.1, 0.15) is 5.92 Å². The fraction of sp³-hybridized carbons (Fsp3) is 0.467. The number of aliphatic carboxylic acids is 1. The van der Waals surface area contributed by atoms with Crippen molar-refractivity contribution in [2.75, 3.05) is 5.32 Å². The van der Waals surface area contributed by atoms with Crippen LogP contribution in [-0.2, 0) is 9.59 Å². The van der Waals surface area contributed by atoms with Crippen LogP contribution in [0.5, 0.6) is 0 Å². The van der Waals surface area contributed by atoms with Gasteiger partial charge in [-0.1, -0.05) is 26.8 Å². The van der Waals surface area contributed by atoms with Crippen LogP contribution in [0.4, 0.5) is 5.69 Å². The summed E-state index contributed by atoms with van der Waals surface area (Å²) in [5.74, 6) is -2.66. The fourth-order valence-electron chi connectivity index (χ4n) is 1.91. The monoisotopic (exact) mass is 263 g/mol. The first kappa shape index (κ1) is 15.2. The molecule has 4 nitrogen and oxygen atoms in total. The molecular formula is C15H21NO3. The van der Waals surface area contributed by atoms with Crippen LogP contribution in [0.15, 0.2) is 18.2 Å². The minimum atomic E-state index is -1.10. The van der Waals surface area contributed by atoms with Gasteiger partial charge in [0.05, 0.1) is 0 Å². The number of carbonyl (C=O) groups excluding carboxylic acids is 1. The van der Waals surface area contributed by atoms with Crippen molar-refractivity contribution in [1.29, 1.82) is 0 Å². The first-order chi connectivity index (χ1) is 8.62. The molecule has 0 aliphatic heterocycles. The second-order valence-electron chi connectivity index (χ2n) is 5.93. The second-order valence-corrected chi connectivity index (χ2v) is 5.93. The van der Waals surface area contributed by atoms with Crippen molar-refractivity contribution in [3.8, 4) is 0 Å². The van der Waals surface area contributed by atoms with E-state index in [4.69, 9.17) is 0 Å². The molecule has 1 aromatic carbocycles. The Morgan fingerprint density at radius 1 is 1.16 bits per heavy atom. The molecule has 0 aromatic heterocycles. The lowest BCUT2D eigenvalue weighted by molar-refractivity contribution is -0.149. The molecule has 1 rings (SSSR count). The minimum Gasteiger partial charge on any atom is -0.481 e. The zero-order chi connectivity index (χ0) is 14.8. The van der Waals surface area contributed by atoms with Gasteiger partial charge in [0.15, 0.2) is 0 Å². The van der Waals surface area contributed by atoms with Gasteiger partial charge in [-0.15, -0.1) is 0 Å². The minimum absolute atomic E-state index is 0.483. The van der Waals surface area contributed by atoms with E-state index in [2.05, 4.69) is 5.32 Å². The molecule has 1 aromatic rings. The lowest BCUT2D eigenvalue weighted by atomic mass is 9.80. The van der Waals surface area contributed by atoms with E-state index in [0.717, 1.165) is 11.1 Å². The Hall–Kier alpha value is -1.84. The molecule has 0 fully saturated rings. The smallest absolute Gasteiger partial charge is 0.316 e. The highest BCUT2D eigenvalue weighted by molar-refractivity contribution is 6.04. The molecule has 4 heteroatoms. The standard InChI is InChI=1S/C15H21NO3/c1-9-6-7-11(8-10(9)2)16-13(17)12(14(18)19)15(3,4)5/h6-8,12H,1-5H3,(H,16,17)(H,18,19). The highest BCUT2D eigenvalue weighted by atomic mass is 16.4. The van der Waals surface area contributed by atoms with E-state index in [9.17, 15) is 14.7 Å². The summed E-state index contributed by atoms with van der Waals surface area (Å²) in [4.78, 5) is 23.3. The summed E-state index contributed by atoms with van der Waals surface area (Å²) in [7, 11) is 0. The summed E-state index contributed by atoms with van der Waals surface area (Å²) < 4.78 is 0. The van der Waals surface area contributed by atoms with E-state index in [1.165, 1.54) is 0 Å². The number of carbonyl (C=O) groups is 2. The van der Waals surface area contributed by atoms with E-state index >= 15 is 0 Å². The van der Waals surface area contributed by atoms with Gasteiger partial charge < -0.3 is 10.4 Å². The average molecular weight is 263 g/mol. The SMILES string of the molecule is Cc1ccc(NC(=O)C(C(=O)O)C(C)(C)C)cc1C. The molecule has 0 saturated carbocycles. The van der Waals surface area contributed by atoms with Crippen molar-refractivity contribution in [2.24, 2.45) is 11.3 Å². The highest BCUT2D eigenvalue weighted by Gasteiger charge is 2.37. The maximum atomic E-state index is 12.1. The molecular weight excluding hydrogens is 242 g/mol. The lowest BCUT2D eigenvalue weighted by Gasteiger charge is -2.26. The van der Waals surface area contributed by atoms with Crippen LogP contribution in [0.25, 0.3) is 0 Å². The van der Waals surface area contributed by atoms with Gasteiger partial charge in [-0.25, -0.2) is 0 Å². The molecule has 0 spiro atoms. The number of carboxylic acids is 1. The summed E-state index contributed by atoms with van der Waals surface area (Å²) in [6.07, 6.45) is 0. The van der Waals surface area contributed by atoms with E-state index in [1.54, 1.807) is 26.8 Å². The van der Waals surface area contributed by atoms with Crippen LogP contribution >= 0.6 is 0 Å². The van der Waals surface area contributed by atoms with Crippen LogP contribution in [0.3, 0.4) is 0 Å². The number of rotatable bonds is 3. The highest BCUT2D eigenvalue weighted by Crippen LogP contribution is 2.27. The Balaban J connectivity index is 2.94. The normalized spacial score (nSPS) is 12.9. The summed E-state index contributed by atoms with van der Waals surface area (Å²) in [5.41, 5.74) is 2.18. The first-order valence-corrected chi connectivity index (χ1v) is 6.24. The number of benzene rings is 1. The average Bonchev–Trinajstić information content (AvgIpc) is 2.20. The van der Waals surface area contributed by atoms with E-state index < -0.39 is 23.2 Å². The third-order valence-electron chi connectivity index (χ3n) is 3.15. The van der Waals surface area contributed by atoms with Crippen molar-refractivity contribution < 1.29 is 14.7 Å². The lowest BCUT2D eigenvalue weighted by Crippen LogP contribution is -2.39. The molecule has 19 heavy (non-hydrogen) atoms. The van der Waals surface area contributed by atoms with E-state index in [-0.39, 0.29) is 0 Å². The van der Waals surface area contributed by atoms with Gasteiger partial charge in [-0.2, -0.15) is 0 Å². The molecule has 1 atom stereocenters. The molecule has 0 radical (unpaired) electrons. The summed E-state index contributed by atoms with van der Waals surface area (Å²) >= 11 is 0. The van der Waals surface area contributed by atoms with Gasteiger partial charge in [-0.3, -0.25) is 9.59 Å². The van der Waals surface area contributed by atoms with Crippen LogP contribution < -0.4 is 5.32 Å². The molecule has 1 amide bonds. The third kappa shape index (κ3) is 3.81. The Morgan fingerprint density at radius 3 is 2.16 bits per heavy atom. The molecule has 0 aliphatic rings. The Labute approximate surface area is 113 Å². The van der Waals surface area contributed by atoms with Gasteiger partial charge in [0.2, 0.25) is 5.91 Å². The van der Waals surface area contributed by atoms with Crippen molar-refractivity contribution in [2.45, 2.75) is 34.6 Å². The van der Waals surface area contributed by atoms with Crippen molar-refractivity contribution >= 4 is 17.6 Å². The quantitative estimate of drug-likeness (QED) is 0.824. The zero-order valence-corrected chi connectivity index (χ0v) is 12.1. The molecule has 1 unspecified atom stereocenters. The Kier molecular flexibility index (Phi) is 4.35. The zero-order valence-electron chi connectivity index (χ0n) is 12.1. The number of amides is 1. The number of anilines is 1. The number of nitrogens with one attached hydrogen (secondary N) is 1. The maximum absolute atomic E-state index is 12.1. The molecule has 2 N–H and O–H groups in total. The summed E-state index contributed by atoms with van der Waals surface area (Å²) in [5, 5.41) is 11.9. The van der Waals surface area contributed by atoms with Crippen molar-refractivity contribution in [3.05, 3.63) is 29.3 Å². The molecule has 0 bridgehead atoms. The fourth-order valence-corrected chi connectivity index (χ4v) is 1.91. The topological polar surface area (TPSA) is 66.4 Å². The van der Waals surface area contributed by atoms with Gasteiger partial charge in [0, 0.05) is 5.69 Å².